The summed E-state index contributed by atoms with van der Waals surface area (Å²) in [6.45, 7) is 4.55. The highest BCUT2D eigenvalue weighted by Crippen LogP contribution is 2.23. The lowest BCUT2D eigenvalue weighted by molar-refractivity contribution is -0.144. The SMILES string of the molecule is CC(C)COC(=O)CCCCCCCCC(=O)Oc1ccccc1Cl. The summed E-state index contributed by atoms with van der Waals surface area (Å²) in [4.78, 5) is 23.2. The molecule has 0 aliphatic rings. The molecule has 0 spiro atoms. The summed E-state index contributed by atoms with van der Waals surface area (Å²) in [7, 11) is 0. The Labute approximate surface area is 155 Å². The van der Waals surface area contributed by atoms with Gasteiger partial charge in [-0.05, 0) is 30.9 Å². The fourth-order valence-corrected chi connectivity index (χ4v) is 2.45. The van der Waals surface area contributed by atoms with Gasteiger partial charge in [0.2, 0.25) is 0 Å². The molecule has 1 aromatic carbocycles. The smallest absolute Gasteiger partial charge is 0.311 e. The van der Waals surface area contributed by atoms with Crippen LogP contribution < -0.4 is 4.74 Å². The first-order chi connectivity index (χ1) is 12.0. The van der Waals surface area contributed by atoms with Crippen LogP contribution in [0.5, 0.6) is 5.75 Å². The van der Waals surface area contributed by atoms with Crippen molar-refractivity contribution in [3.63, 3.8) is 0 Å². The molecular formula is C20H29ClO4. The van der Waals surface area contributed by atoms with Gasteiger partial charge in [-0.1, -0.05) is 63.3 Å². The highest BCUT2D eigenvalue weighted by Gasteiger charge is 2.07. The third-order valence-electron chi connectivity index (χ3n) is 3.65. The molecule has 0 N–H and O–H groups in total. The average molecular weight is 369 g/mol. The first-order valence-electron chi connectivity index (χ1n) is 9.10. The second kappa shape index (κ2) is 12.8. The number of carbonyl (C=O) groups excluding carboxylic acids is 2. The Kier molecular flexibility index (Phi) is 11.0. The molecule has 0 atom stereocenters. The third-order valence-corrected chi connectivity index (χ3v) is 3.96. The fraction of sp³-hybridized carbons (Fsp3) is 0.600. The molecule has 0 bridgehead atoms. The van der Waals surface area contributed by atoms with Crippen molar-refractivity contribution >= 4 is 23.5 Å². The van der Waals surface area contributed by atoms with Crippen LogP contribution in [0.1, 0.15) is 65.2 Å². The molecule has 5 heteroatoms. The lowest BCUT2D eigenvalue weighted by atomic mass is 10.1. The molecule has 1 rings (SSSR count). The molecule has 0 radical (unpaired) electrons. The first-order valence-corrected chi connectivity index (χ1v) is 9.47. The van der Waals surface area contributed by atoms with Crippen molar-refractivity contribution in [1.29, 1.82) is 0 Å². The van der Waals surface area contributed by atoms with E-state index in [1.807, 2.05) is 13.8 Å². The maximum Gasteiger partial charge on any atom is 0.311 e. The van der Waals surface area contributed by atoms with Crippen LogP contribution in [0.15, 0.2) is 24.3 Å². The molecule has 4 nitrogen and oxygen atoms in total. The number of ether oxygens (including phenoxy) is 2. The number of halogens is 1. The minimum absolute atomic E-state index is 0.101. The highest BCUT2D eigenvalue weighted by molar-refractivity contribution is 6.32. The van der Waals surface area contributed by atoms with E-state index in [4.69, 9.17) is 21.1 Å². The van der Waals surface area contributed by atoms with Crippen molar-refractivity contribution in [3.8, 4) is 5.75 Å². The summed E-state index contributed by atoms with van der Waals surface area (Å²) in [6, 6.07) is 6.96. The van der Waals surface area contributed by atoms with E-state index in [-0.39, 0.29) is 11.9 Å². The summed E-state index contributed by atoms with van der Waals surface area (Å²) < 4.78 is 10.4. The van der Waals surface area contributed by atoms with Crippen molar-refractivity contribution in [2.24, 2.45) is 5.92 Å². The van der Waals surface area contributed by atoms with Crippen LogP contribution in [-0.2, 0) is 14.3 Å². The van der Waals surface area contributed by atoms with E-state index in [0.717, 1.165) is 38.5 Å². The molecule has 0 saturated heterocycles. The number of hydrogen-bond acceptors (Lipinski definition) is 4. The number of carbonyl (C=O) groups is 2. The number of hydrogen-bond donors (Lipinski definition) is 0. The Bertz CT molecular complexity index is 528. The van der Waals surface area contributed by atoms with Crippen LogP contribution in [0.25, 0.3) is 0 Å². The Balaban J connectivity index is 1.97. The topological polar surface area (TPSA) is 52.6 Å². The Morgan fingerprint density at radius 1 is 0.920 bits per heavy atom. The molecule has 0 fully saturated rings. The third kappa shape index (κ3) is 10.8. The zero-order valence-electron chi connectivity index (χ0n) is 15.3. The standard InChI is InChI=1S/C20H29ClO4/c1-16(2)15-24-19(22)13-7-5-3-4-6-8-14-20(23)25-18-12-10-9-11-17(18)21/h9-12,16H,3-8,13-15H2,1-2H3. The molecule has 1 aromatic rings. The zero-order valence-corrected chi connectivity index (χ0v) is 16.0. The predicted molar refractivity (Wildman–Crippen MR) is 99.8 cm³/mol. The van der Waals surface area contributed by atoms with Gasteiger partial charge in [0.1, 0.15) is 5.75 Å². The lowest BCUT2D eigenvalue weighted by Gasteiger charge is -2.07. The van der Waals surface area contributed by atoms with Gasteiger partial charge in [-0.2, -0.15) is 0 Å². The van der Waals surface area contributed by atoms with E-state index >= 15 is 0 Å². The summed E-state index contributed by atoms with van der Waals surface area (Å²) in [5, 5.41) is 0.447. The first kappa shape index (κ1) is 21.5. The lowest BCUT2D eigenvalue weighted by Crippen LogP contribution is -2.09. The van der Waals surface area contributed by atoms with E-state index in [0.29, 0.717) is 36.1 Å². The summed E-state index contributed by atoms with van der Waals surface area (Å²) in [6.07, 6.45) is 6.68. The largest absolute Gasteiger partial charge is 0.465 e. The van der Waals surface area contributed by atoms with Crippen LogP contribution in [0.2, 0.25) is 5.02 Å². The minimum Gasteiger partial charge on any atom is -0.465 e. The number of esters is 2. The molecule has 0 aliphatic heterocycles. The summed E-state index contributed by atoms with van der Waals surface area (Å²) >= 11 is 5.95. The van der Waals surface area contributed by atoms with Gasteiger partial charge in [0.05, 0.1) is 11.6 Å². The quantitative estimate of drug-likeness (QED) is 0.275. The normalized spacial score (nSPS) is 10.7. The number of unbranched alkanes of at least 4 members (excludes halogenated alkanes) is 5. The van der Waals surface area contributed by atoms with Gasteiger partial charge < -0.3 is 9.47 Å². The number of benzene rings is 1. The van der Waals surface area contributed by atoms with E-state index in [2.05, 4.69) is 0 Å². The predicted octanol–water partition coefficient (Wildman–Crippen LogP) is 5.57. The van der Waals surface area contributed by atoms with Crippen molar-refractivity contribution in [2.75, 3.05) is 6.61 Å². The second-order valence-corrected chi connectivity index (χ2v) is 7.01. The van der Waals surface area contributed by atoms with Crippen LogP contribution >= 0.6 is 11.6 Å². The fourth-order valence-electron chi connectivity index (χ4n) is 2.28. The number of para-hydroxylation sites is 1. The maximum atomic E-state index is 11.8. The molecular weight excluding hydrogens is 340 g/mol. The Hall–Kier alpha value is -1.55. The number of rotatable bonds is 12. The highest BCUT2D eigenvalue weighted by atomic mass is 35.5. The van der Waals surface area contributed by atoms with Gasteiger partial charge in [0, 0.05) is 12.8 Å². The molecule has 0 amide bonds. The zero-order chi connectivity index (χ0) is 18.5. The summed E-state index contributed by atoms with van der Waals surface area (Å²) in [5.41, 5.74) is 0. The summed E-state index contributed by atoms with van der Waals surface area (Å²) in [5.74, 6) is 0.448. The molecule has 0 unspecified atom stereocenters. The Morgan fingerprint density at radius 3 is 2.08 bits per heavy atom. The second-order valence-electron chi connectivity index (χ2n) is 6.60. The van der Waals surface area contributed by atoms with Crippen molar-refractivity contribution in [3.05, 3.63) is 29.3 Å². The van der Waals surface area contributed by atoms with Crippen molar-refractivity contribution in [1.82, 2.24) is 0 Å². The van der Waals surface area contributed by atoms with E-state index in [1.165, 1.54) is 0 Å². The molecule has 0 heterocycles. The maximum absolute atomic E-state index is 11.8. The van der Waals surface area contributed by atoms with Gasteiger partial charge in [0.25, 0.3) is 0 Å². The molecule has 0 aliphatic carbocycles. The van der Waals surface area contributed by atoms with Gasteiger partial charge in [-0.3, -0.25) is 9.59 Å². The van der Waals surface area contributed by atoms with Gasteiger partial charge in [-0.15, -0.1) is 0 Å². The minimum atomic E-state index is -0.249. The van der Waals surface area contributed by atoms with E-state index < -0.39 is 0 Å². The van der Waals surface area contributed by atoms with Gasteiger partial charge in [-0.25, -0.2) is 0 Å². The molecule has 0 saturated carbocycles. The average Bonchev–Trinajstić information content (AvgIpc) is 2.57. The van der Waals surface area contributed by atoms with E-state index in [9.17, 15) is 9.59 Å². The van der Waals surface area contributed by atoms with Crippen LogP contribution in [0, 0.1) is 5.92 Å². The molecule has 0 aromatic heterocycles. The van der Waals surface area contributed by atoms with Gasteiger partial charge in [0.15, 0.2) is 0 Å². The van der Waals surface area contributed by atoms with Crippen molar-refractivity contribution < 1.29 is 19.1 Å². The van der Waals surface area contributed by atoms with Crippen LogP contribution in [0.3, 0.4) is 0 Å². The van der Waals surface area contributed by atoms with Crippen molar-refractivity contribution in [2.45, 2.75) is 65.2 Å². The molecule has 25 heavy (non-hydrogen) atoms. The van der Waals surface area contributed by atoms with Crippen LogP contribution in [-0.4, -0.2) is 18.5 Å². The molecule has 140 valence electrons. The van der Waals surface area contributed by atoms with Crippen LogP contribution in [0.4, 0.5) is 0 Å². The Morgan fingerprint density at radius 2 is 1.48 bits per heavy atom. The van der Waals surface area contributed by atoms with E-state index in [1.54, 1.807) is 24.3 Å². The monoisotopic (exact) mass is 368 g/mol. The van der Waals surface area contributed by atoms with Gasteiger partial charge >= 0.3 is 11.9 Å².